The zero-order valence-electron chi connectivity index (χ0n) is 12.6. The molecule has 0 spiro atoms. The Hall–Kier alpha value is -3.27. The summed E-state index contributed by atoms with van der Waals surface area (Å²) in [4.78, 5) is 5.26. The second-order valence-electron chi connectivity index (χ2n) is 4.35. The van der Waals surface area contributed by atoms with Gasteiger partial charge in [-0.1, -0.05) is 85.0 Å². The number of hydrogen-bond donors (Lipinski definition) is 0. The fourth-order valence-electron chi connectivity index (χ4n) is 1.64. The smallest absolute Gasteiger partial charge is 0.167 e. The van der Waals surface area contributed by atoms with Gasteiger partial charge in [-0.05, 0) is 17.4 Å². The van der Waals surface area contributed by atoms with E-state index in [1.54, 1.807) is 6.08 Å². The number of hydrogen-bond acceptors (Lipinski definition) is 4. The lowest BCUT2D eigenvalue weighted by Crippen LogP contribution is -1.84. The highest BCUT2D eigenvalue weighted by Gasteiger charge is 1.98. The van der Waals surface area contributed by atoms with Gasteiger partial charge in [0.1, 0.15) is 0 Å². The first-order chi connectivity index (χ1) is 11.5. The van der Waals surface area contributed by atoms with Crippen molar-refractivity contribution in [2.75, 3.05) is 0 Å². The molecule has 0 unspecified atom stereocenters. The van der Waals surface area contributed by atoms with Crippen LogP contribution in [0.5, 0.6) is 5.75 Å². The maximum absolute atomic E-state index is 5.26. The van der Waals surface area contributed by atoms with E-state index in [2.05, 4.69) is 15.6 Å². The van der Waals surface area contributed by atoms with Crippen LogP contribution in [0.3, 0.4) is 0 Å². The molecule has 0 atom stereocenters. The van der Waals surface area contributed by atoms with E-state index in [0.29, 0.717) is 5.75 Å². The third-order valence-corrected chi connectivity index (χ3v) is 2.69. The van der Waals surface area contributed by atoms with Crippen LogP contribution < -0.4 is 4.84 Å². The van der Waals surface area contributed by atoms with Crippen LogP contribution in [0.25, 0.3) is 6.08 Å². The summed E-state index contributed by atoms with van der Waals surface area (Å²) >= 11 is 0. The van der Waals surface area contributed by atoms with Gasteiger partial charge in [-0.2, -0.15) is 0 Å². The largest absolute Gasteiger partial charge is 0.337 e. The van der Waals surface area contributed by atoms with Gasteiger partial charge >= 0.3 is 0 Å². The average molecular weight is 303 g/mol. The molecule has 1 aromatic rings. The molecule has 23 heavy (non-hydrogen) atoms. The molecule has 4 heteroatoms. The second kappa shape index (κ2) is 10.5. The summed E-state index contributed by atoms with van der Waals surface area (Å²) < 4.78 is 0. The molecule has 0 amide bonds. The van der Waals surface area contributed by atoms with Crippen molar-refractivity contribution in [1.29, 1.82) is 0 Å². The minimum absolute atomic E-state index is 0.617. The molecular weight excluding hydrogens is 286 g/mol. The highest BCUT2D eigenvalue weighted by molar-refractivity contribution is 5.71. The van der Waals surface area contributed by atoms with Crippen molar-refractivity contribution in [2.24, 2.45) is 15.6 Å². The third kappa shape index (κ3) is 6.82. The Kier molecular flexibility index (Phi) is 7.32. The van der Waals surface area contributed by atoms with E-state index in [-0.39, 0.29) is 0 Å². The number of benzene rings is 1. The zero-order chi connectivity index (χ0) is 16.0. The summed E-state index contributed by atoms with van der Waals surface area (Å²) in [6.45, 7) is 0. The van der Waals surface area contributed by atoms with Crippen LogP contribution in [-0.2, 0) is 0 Å². The molecule has 0 radical (unpaired) electrons. The molecular formula is C19H17N3O. The number of rotatable bonds is 0. The van der Waals surface area contributed by atoms with Gasteiger partial charge in [-0.3, -0.25) is 0 Å². The van der Waals surface area contributed by atoms with Crippen LogP contribution in [-0.4, -0.2) is 6.21 Å². The Morgan fingerprint density at radius 3 is 2.00 bits per heavy atom. The molecule has 1 aliphatic rings. The van der Waals surface area contributed by atoms with Crippen molar-refractivity contribution in [1.82, 2.24) is 0 Å². The van der Waals surface area contributed by atoms with Crippen LogP contribution in [0.1, 0.15) is 5.56 Å². The second-order valence-corrected chi connectivity index (χ2v) is 4.35. The van der Waals surface area contributed by atoms with Gasteiger partial charge in [0.25, 0.3) is 0 Å². The van der Waals surface area contributed by atoms with E-state index in [0.717, 1.165) is 5.56 Å². The van der Waals surface area contributed by atoms with E-state index < -0.39 is 0 Å². The summed E-state index contributed by atoms with van der Waals surface area (Å²) in [5.41, 5.74) is 0.908. The number of allylic oxidation sites excluding steroid dienone is 11. The van der Waals surface area contributed by atoms with E-state index in [4.69, 9.17) is 4.84 Å². The molecule has 0 bridgehead atoms. The van der Waals surface area contributed by atoms with Crippen molar-refractivity contribution in [3.63, 3.8) is 0 Å². The lowest BCUT2D eigenvalue weighted by molar-refractivity contribution is 0.305. The van der Waals surface area contributed by atoms with Crippen LogP contribution in [0, 0.1) is 0 Å². The monoisotopic (exact) mass is 303 g/mol. The molecule has 114 valence electrons. The summed E-state index contributed by atoms with van der Waals surface area (Å²) in [5.74, 6) is 0.617. The number of nitrogens with zero attached hydrogens (tertiary/aromatic N) is 3. The maximum Gasteiger partial charge on any atom is 0.167 e. The standard InChI is InChI=1S/C19H17N3O/c1-2-4-6-8-10-14-18-15-11-12-16-19(18)23-22-21-20-17-13-9-7-5-3-1/h1-17H. The minimum atomic E-state index is 0.617. The van der Waals surface area contributed by atoms with E-state index >= 15 is 0 Å². The topological polar surface area (TPSA) is 46.3 Å². The first kappa shape index (κ1) is 16.1. The van der Waals surface area contributed by atoms with Gasteiger partial charge < -0.3 is 4.84 Å². The van der Waals surface area contributed by atoms with Gasteiger partial charge in [0.15, 0.2) is 5.75 Å². The first-order valence-electron chi connectivity index (χ1n) is 7.16. The van der Waals surface area contributed by atoms with Gasteiger partial charge in [-0.15, -0.1) is 5.10 Å². The summed E-state index contributed by atoms with van der Waals surface area (Å²) in [7, 11) is 0. The Morgan fingerprint density at radius 1 is 0.652 bits per heavy atom. The van der Waals surface area contributed by atoms with Crippen LogP contribution >= 0.6 is 0 Å². The van der Waals surface area contributed by atoms with E-state index in [1.807, 2.05) is 91.1 Å². The van der Waals surface area contributed by atoms with Crippen molar-refractivity contribution in [3.05, 3.63) is 96.7 Å². The first-order valence-corrected chi connectivity index (χ1v) is 7.16. The summed E-state index contributed by atoms with van der Waals surface area (Å²) in [6, 6.07) is 7.57. The lowest BCUT2D eigenvalue weighted by atomic mass is 10.2. The van der Waals surface area contributed by atoms with Crippen LogP contribution in [0.4, 0.5) is 0 Å². The Balaban J connectivity index is 2.18. The molecule has 1 heterocycles. The Morgan fingerprint density at radius 2 is 1.26 bits per heavy atom. The molecule has 0 N–H and O–H groups in total. The fraction of sp³-hybridized carbons (Fsp3) is 0. The van der Waals surface area contributed by atoms with Crippen molar-refractivity contribution in [3.8, 4) is 5.75 Å². The normalized spacial score (nSPS) is 14.8. The Bertz CT molecular complexity index is 720. The van der Waals surface area contributed by atoms with Gasteiger partial charge in [0.05, 0.1) is 11.5 Å². The predicted molar refractivity (Wildman–Crippen MR) is 95.2 cm³/mol. The Labute approximate surface area is 135 Å². The molecule has 0 saturated carbocycles. The van der Waals surface area contributed by atoms with E-state index in [1.165, 1.54) is 6.21 Å². The molecule has 0 saturated heterocycles. The fourth-order valence-corrected chi connectivity index (χ4v) is 1.64. The highest BCUT2D eigenvalue weighted by atomic mass is 16.6. The van der Waals surface area contributed by atoms with Crippen molar-refractivity contribution < 1.29 is 4.84 Å². The zero-order valence-corrected chi connectivity index (χ0v) is 12.6. The van der Waals surface area contributed by atoms with Crippen molar-refractivity contribution in [2.45, 2.75) is 0 Å². The number of fused-ring (bicyclic) bond motifs is 1. The van der Waals surface area contributed by atoms with Gasteiger partial charge in [0, 0.05) is 5.56 Å². The minimum Gasteiger partial charge on any atom is -0.337 e. The predicted octanol–water partition coefficient (Wildman–Crippen LogP) is 5.23. The van der Waals surface area contributed by atoms with Crippen LogP contribution in [0.15, 0.2) is 107 Å². The van der Waals surface area contributed by atoms with Crippen molar-refractivity contribution >= 4 is 12.3 Å². The third-order valence-electron chi connectivity index (χ3n) is 2.69. The lowest BCUT2D eigenvalue weighted by Gasteiger charge is -2.00. The molecule has 4 nitrogen and oxygen atoms in total. The van der Waals surface area contributed by atoms with Gasteiger partial charge in [-0.25, -0.2) is 0 Å². The van der Waals surface area contributed by atoms with Crippen LogP contribution in [0.2, 0.25) is 0 Å². The molecule has 0 aromatic heterocycles. The SMILES string of the molecule is C1=CC=CC=CC=NN=NOc2ccccc2C=CC=CC=C1. The van der Waals surface area contributed by atoms with Gasteiger partial charge in [0.2, 0.25) is 0 Å². The molecule has 1 aliphatic heterocycles. The van der Waals surface area contributed by atoms with E-state index in [9.17, 15) is 0 Å². The molecule has 0 fully saturated rings. The maximum atomic E-state index is 5.26. The average Bonchev–Trinajstić information content (AvgIpc) is 2.58. The summed E-state index contributed by atoms with van der Waals surface area (Å²) in [6.07, 6.45) is 24.6. The quantitative estimate of drug-likeness (QED) is 0.647. The molecule has 1 aromatic carbocycles. The molecule has 0 aliphatic carbocycles. The highest BCUT2D eigenvalue weighted by Crippen LogP contribution is 2.19. The molecule has 2 rings (SSSR count). The number of para-hydroxylation sites is 1. The summed E-state index contributed by atoms with van der Waals surface area (Å²) in [5, 5.41) is 10.9.